The van der Waals surface area contributed by atoms with E-state index in [0.717, 1.165) is 25.8 Å². The minimum Gasteiger partial charge on any atom is -0.368 e. The molecular formula is C12H21N3O2. The van der Waals surface area contributed by atoms with Crippen molar-refractivity contribution >= 4 is 11.8 Å². The van der Waals surface area contributed by atoms with Crippen LogP contribution in [0.25, 0.3) is 0 Å². The van der Waals surface area contributed by atoms with E-state index in [1.54, 1.807) is 4.90 Å². The van der Waals surface area contributed by atoms with E-state index in [9.17, 15) is 9.59 Å². The van der Waals surface area contributed by atoms with Gasteiger partial charge in [-0.25, -0.2) is 0 Å². The first kappa shape index (κ1) is 12.4. The number of amides is 2. The predicted octanol–water partition coefficient (Wildman–Crippen LogP) is -0.148. The number of piperidine rings is 1. The lowest BCUT2D eigenvalue weighted by atomic mass is 9.81. The van der Waals surface area contributed by atoms with Crippen LogP contribution in [0, 0.1) is 5.41 Å². The summed E-state index contributed by atoms with van der Waals surface area (Å²) in [4.78, 5) is 25.5. The molecule has 5 nitrogen and oxygen atoms in total. The molecule has 2 rings (SSSR count). The molecular weight excluding hydrogens is 218 g/mol. The first-order valence-corrected chi connectivity index (χ1v) is 6.36. The highest BCUT2D eigenvalue weighted by Crippen LogP contribution is 2.31. The fourth-order valence-electron chi connectivity index (χ4n) is 2.89. The van der Waals surface area contributed by atoms with Gasteiger partial charge in [-0.1, -0.05) is 0 Å². The summed E-state index contributed by atoms with van der Waals surface area (Å²) in [6.07, 6.45) is 3.49. The Labute approximate surface area is 102 Å². The first-order valence-electron chi connectivity index (χ1n) is 6.36. The van der Waals surface area contributed by atoms with E-state index in [1.807, 2.05) is 6.92 Å². The monoisotopic (exact) mass is 239 g/mol. The summed E-state index contributed by atoms with van der Waals surface area (Å²) < 4.78 is 0. The van der Waals surface area contributed by atoms with Gasteiger partial charge in [0.25, 0.3) is 0 Å². The van der Waals surface area contributed by atoms with Crippen LogP contribution in [-0.4, -0.2) is 42.4 Å². The molecule has 0 spiro atoms. The van der Waals surface area contributed by atoms with Gasteiger partial charge < -0.3 is 16.0 Å². The van der Waals surface area contributed by atoms with Gasteiger partial charge in [0, 0.05) is 13.1 Å². The van der Waals surface area contributed by atoms with Crippen LogP contribution in [0.1, 0.15) is 32.6 Å². The van der Waals surface area contributed by atoms with E-state index in [2.05, 4.69) is 5.32 Å². The van der Waals surface area contributed by atoms with E-state index in [1.165, 1.54) is 0 Å². The topological polar surface area (TPSA) is 75.4 Å². The summed E-state index contributed by atoms with van der Waals surface area (Å²) in [7, 11) is 0. The Bertz CT molecular complexity index is 324. The van der Waals surface area contributed by atoms with E-state index in [4.69, 9.17) is 5.73 Å². The molecule has 0 aromatic rings. The van der Waals surface area contributed by atoms with Crippen molar-refractivity contribution in [3.63, 3.8) is 0 Å². The number of likely N-dealkylation sites (tertiary alicyclic amines) is 1. The molecule has 2 atom stereocenters. The number of carbonyl (C=O) groups excluding carboxylic acids is 2. The molecule has 0 aliphatic carbocycles. The van der Waals surface area contributed by atoms with Crippen molar-refractivity contribution < 1.29 is 9.59 Å². The van der Waals surface area contributed by atoms with Gasteiger partial charge in [0.15, 0.2) is 0 Å². The second kappa shape index (κ2) is 4.64. The van der Waals surface area contributed by atoms with Crippen molar-refractivity contribution in [2.45, 2.75) is 38.6 Å². The Morgan fingerprint density at radius 3 is 2.76 bits per heavy atom. The van der Waals surface area contributed by atoms with Crippen LogP contribution in [0.5, 0.6) is 0 Å². The minimum absolute atomic E-state index is 0.0889. The van der Waals surface area contributed by atoms with Gasteiger partial charge in [-0.2, -0.15) is 0 Å². The number of hydrogen-bond acceptors (Lipinski definition) is 3. The molecule has 2 aliphatic rings. The molecule has 0 saturated carbocycles. The van der Waals surface area contributed by atoms with Gasteiger partial charge in [0.1, 0.15) is 6.04 Å². The number of rotatable bonds is 2. The molecule has 0 aromatic heterocycles. The predicted molar refractivity (Wildman–Crippen MR) is 64.1 cm³/mol. The number of nitrogens with two attached hydrogens (primary N) is 1. The number of hydrogen-bond donors (Lipinski definition) is 2. The lowest BCUT2D eigenvalue weighted by Gasteiger charge is -2.37. The van der Waals surface area contributed by atoms with E-state index in [-0.39, 0.29) is 23.3 Å². The summed E-state index contributed by atoms with van der Waals surface area (Å²) in [6, 6.07) is -0.388. The van der Waals surface area contributed by atoms with Crippen molar-refractivity contribution in [3.05, 3.63) is 0 Å². The summed E-state index contributed by atoms with van der Waals surface area (Å²) >= 11 is 0. The standard InChI is InChI=1S/C12H21N3O2/c1-12(5-3-6-14-8-12)11(17)15-7-2-4-9(15)10(13)16/h9,14H,2-8H2,1H3,(H2,13,16). The van der Waals surface area contributed by atoms with E-state index in [0.29, 0.717) is 19.5 Å². The highest BCUT2D eigenvalue weighted by Gasteiger charge is 2.42. The molecule has 0 bridgehead atoms. The number of nitrogens with one attached hydrogen (secondary N) is 1. The van der Waals surface area contributed by atoms with Gasteiger partial charge >= 0.3 is 0 Å². The quantitative estimate of drug-likeness (QED) is 0.704. The van der Waals surface area contributed by atoms with Crippen molar-refractivity contribution in [2.24, 2.45) is 11.1 Å². The lowest BCUT2D eigenvalue weighted by molar-refractivity contribution is -0.146. The van der Waals surface area contributed by atoms with E-state index < -0.39 is 0 Å². The average Bonchev–Trinajstić information content (AvgIpc) is 2.77. The van der Waals surface area contributed by atoms with Gasteiger partial charge in [-0.3, -0.25) is 9.59 Å². The van der Waals surface area contributed by atoms with Gasteiger partial charge in [-0.15, -0.1) is 0 Å². The number of nitrogens with zero attached hydrogens (tertiary/aromatic N) is 1. The Kier molecular flexibility index (Phi) is 3.38. The van der Waals surface area contributed by atoms with Gasteiger partial charge in [0.05, 0.1) is 5.41 Å². The maximum Gasteiger partial charge on any atom is 0.240 e. The molecule has 0 aromatic carbocycles. The summed E-state index contributed by atoms with van der Waals surface area (Å²) in [5.41, 5.74) is 4.99. The van der Waals surface area contributed by atoms with Crippen LogP contribution in [0.4, 0.5) is 0 Å². The fraction of sp³-hybridized carbons (Fsp3) is 0.833. The summed E-state index contributed by atoms with van der Waals surface area (Å²) in [5, 5.41) is 3.26. The molecule has 2 unspecified atom stereocenters. The van der Waals surface area contributed by atoms with Crippen LogP contribution in [0.15, 0.2) is 0 Å². The van der Waals surface area contributed by atoms with Crippen molar-refractivity contribution in [2.75, 3.05) is 19.6 Å². The van der Waals surface area contributed by atoms with Crippen molar-refractivity contribution in [1.82, 2.24) is 10.2 Å². The Morgan fingerprint density at radius 2 is 2.18 bits per heavy atom. The first-order chi connectivity index (χ1) is 8.04. The van der Waals surface area contributed by atoms with Gasteiger partial charge in [0.2, 0.25) is 11.8 Å². The summed E-state index contributed by atoms with van der Waals surface area (Å²) in [6.45, 7) is 4.33. The Balaban J connectivity index is 2.10. The average molecular weight is 239 g/mol. The van der Waals surface area contributed by atoms with Crippen LogP contribution >= 0.6 is 0 Å². The van der Waals surface area contributed by atoms with Crippen LogP contribution < -0.4 is 11.1 Å². The third-order valence-electron chi connectivity index (χ3n) is 3.96. The molecule has 2 fully saturated rings. The molecule has 2 saturated heterocycles. The van der Waals surface area contributed by atoms with Crippen molar-refractivity contribution in [1.29, 1.82) is 0 Å². The molecule has 2 heterocycles. The highest BCUT2D eigenvalue weighted by molar-refractivity contribution is 5.90. The lowest BCUT2D eigenvalue weighted by Crippen LogP contribution is -2.53. The molecule has 3 N–H and O–H groups in total. The van der Waals surface area contributed by atoms with Crippen LogP contribution in [-0.2, 0) is 9.59 Å². The maximum absolute atomic E-state index is 12.5. The zero-order valence-electron chi connectivity index (χ0n) is 10.4. The molecule has 17 heavy (non-hydrogen) atoms. The number of primary amides is 1. The Morgan fingerprint density at radius 1 is 1.41 bits per heavy atom. The SMILES string of the molecule is CC1(C(=O)N2CCCC2C(N)=O)CCCNC1. The maximum atomic E-state index is 12.5. The third-order valence-corrected chi connectivity index (χ3v) is 3.96. The molecule has 5 heteroatoms. The van der Waals surface area contributed by atoms with Gasteiger partial charge in [-0.05, 0) is 39.2 Å². The molecule has 96 valence electrons. The highest BCUT2D eigenvalue weighted by atomic mass is 16.2. The molecule has 2 amide bonds. The third kappa shape index (κ3) is 2.29. The van der Waals surface area contributed by atoms with E-state index >= 15 is 0 Å². The smallest absolute Gasteiger partial charge is 0.240 e. The normalized spacial score (nSPS) is 33.7. The largest absolute Gasteiger partial charge is 0.368 e. The second-order valence-electron chi connectivity index (χ2n) is 5.40. The zero-order valence-corrected chi connectivity index (χ0v) is 10.4. The van der Waals surface area contributed by atoms with Crippen LogP contribution in [0.2, 0.25) is 0 Å². The minimum atomic E-state index is -0.388. The number of carbonyl (C=O) groups is 2. The second-order valence-corrected chi connectivity index (χ2v) is 5.40. The Hall–Kier alpha value is -1.10. The molecule has 0 radical (unpaired) electrons. The summed E-state index contributed by atoms with van der Waals surface area (Å²) in [5.74, 6) is -0.283. The zero-order chi connectivity index (χ0) is 12.5. The fourth-order valence-corrected chi connectivity index (χ4v) is 2.89. The van der Waals surface area contributed by atoms with Crippen LogP contribution in [0.3, 0.4) is 0 Å². The van der Waals surface area contributed by atoms with Crippen molar-refractivity contribution in [3.8, 4) is 0 Å². The molecule has 2 aliphatic heterocycles.